The Morgan fingerprint density at radius 2 is 0.451 bits per heavy atom. The molecule has 0 aliphatic carbocycles. The second-order valence-electron chi connectivity index (χ2n) is 38.1. The zero-order chi connectivity index (χ0) is 78.6. The van der Waals surface area contributed by atoms with Crippen molar-refractivity contribution in [3.8, 4) is 23.0 Å². The lowest BCUT2D eigenvalue weighted by Gasteiger charge is -2.41. The van der Waals surface area contributed by atoms with E-state index in [-0.39, 0.29) is 137 Å². The Labute approximate surface area is 623 Å². The summed E-state index contributed by atoms with van der Waals surface area (Å²) < 4.78 is 28.7. The van der Waals surface area contributed by atoms with Gasteiger partial charge in [0, 0.05) is 67.6 Å². The summed E-state index contributed by atoms with van der Waals surface area (Å²) in [6, 6.07) is 17.8. The third-order valence-corrected chi connectivity index (χ3v) is 24.0. The molecule has 0 fully saturated rings. The lowest BCUT2D eigenvalue weighted by molar-refractivity contribution is -0.137. The number of aryl methyl sites for hydroxylation is 2. The van der Waals surface area contributed by atoms with Crippen molar-refractivity contribution in [2.75, 3.05) is 26.4 Å². The molecule has 4 aromatic rings. The highest BCUT2D eigenvalue weighted by Gasteiger charge is 2.41. The van der Waals surface area contributed by atoms with Crippen LogP contribution in [0.5, 0.6) is 23.0 Å². The van der Waals surface area contributed by atoms with Gasteiger partial charge in [0.15, 0.2) is 26.4 Å². The van der Waals surface area contributed by atoms with Gasteiger partial charge in [-0.25, -0.2) is 0 Å². The molecule has 0 aromatic heterocycles. The first-order valence-corrected chi connectivity index (χ1v) is 38.7. The predicted octanol–water partition coefficient (Wildman–Crippen LogP) is 20.7. The van der Waals surface area contributed by atoms with E-state index in [0.717, 1.165) is 66.8 Å². The fraction of sp³-hybridized carbons (Fsp3) is 0.689. The van der Waals surface area contributed by atoms with E-state index < -0.39 is 10.8 Å². The minimum Gasteiger partial charge on any atom is -0.483 e. The molecule has 102 heavy (non-hydrogen) atoms. The van der Waals surface area contributed by atoms with Gasteiger partial charge in [-0.05, 0) is 234 Å². The molecule has 0 N–H and O–H groups in total. The number of hydrogen-bond donors (Lipinski definition) is 0. The van der Waals surface area contributed by atoms with Crippen molar-refractivity contribution in [2.45, 2.75) is 359 Å². The summed E-state index contributed by atoms with van der Waals surface area (Å²) >= 11 is 0. The summed E-state index contributed by atoms with van der Waals surface area (Å²) in [7, 11) is 0. The third kappa shape index (κ3) is 20.3. The Kier molecular flexibility index (Phi) is 29.1. The Morgan fingerprint density at radius 3 is 0.637 bits per heavy atom. The van der Waals surface area contributed by atoms with Crippen LogP contribution in [-0.4, -0.2) is 118 Å². The molecule has 574 valence electrons. The van der Waals surface area contributed by atoms with Crippen LogP contribution in [0, 0.1) is 28.6 Å². The average molecular weight is 1410 g/mol. The fourth-order valence-corrected chi connectivity index (χ4v) is 14.2. The van der Waals surface area contributed by atoms with Gasteiger partial charge < -0.3 is 38.5 Å². The molecule has 0 heterocycles. The number of rotatable bonds is 31. The number of hydrogen-bond acceptors (Lipinski definition) is 8. The Morgan fingerprint density at radius 1 is 0.284 bits per heavy atom. The molecule has 4 aromatic carbocycles. The first kappa shape index (κ1) is 88.4. The van der Waals surface area contributed by atoms with Gasteiger partial charge in [0.1, 0.15) is 23.0 Å². The van der Waals surface area contributed by atoms with E-state index in [4.69, 9.17) is 18.9 Å². The Balaban J connectivity index is 2.46. The van der Waals surface area contributed by atoms with Crippen molar-refractivity contribution in [3.63, 3.8) is 0 Å². The molecule has 0 atom stereocenters. The molecule has 4 rings (SSSR count). The maximum atomic E-state index is 15.0. The molecular weight excluding hydrogens is 1270 g/mol. The molecule has 12 heteroatoms. The number of nitrogens with zero attached hydrogens (tertiary/aromatic N) is 4. The van der Waals surface area contributed by atoms with Gasteiger partial charge >= 0.3 is 0 Å². The van der Waals surface area contributed by atoms with Gasteiger partial charge in [0.25, 0.3) is 23.6 Å². The van der Waals surface area contributed by atoms with E-state index in [1.807, 2.05) is 130 Å². The van der Waals surface area contributed by atoms with Gasteiger partial charge in [-0.3, -0.25) is 19.2 Å². The first-order valence-electron chi connectivity index (χ1n) is 38.7. The lowest BCUT2D eigenvalue weighted by Crippen LogP contribution is -2.44. The van der Waals surface area contributed by atoms with Crippen molar-refractivity contribution in [3.05, 3.63) is 115 Å². The van der Waals surface area contributed by atoms with Crippen LogP contribution in [0.15, 0.2) is 48.5 Å². The second kappa shape index (κ2) is 33.6. The van der Waals surface area contributed by atoms with Gasteiger partial charge in [0.05, 0.1) is 0 Å². The zero-order valence-electron chi connectivity index (χ0n) is 71.9. The van der Waals surface area contributed by atoms with Crippen LogP contribution in [0.25, 0.3) is 0 Å². The number of benzene rings is 4. The summed E-state index contributed by atoms with van der Waals surface area (Å²) in [5, 5.41) is 0. The molecule has 0 aliphatic rings. The van der Waals surface area contributed by atoms with E-state index in [2.05, 4.69) is 201 Å². The molecule has 0 bridgehead atoms. The highest BCUT2D eigenvalue weighted by Crippen LogP contribution is 2.50. The smallest absolute Gasteiger partial charge is 0.260 e. The van der Waals surface area contributed by atoms with Crippen LogP contribution < -0.4 is 18.9 Å². The standard InChI is InChI=1S/C90H146N4O8/c1-39-64-44-72(88(33,34)84(22,23)24)46-66(80(64)100-52-76(96)92(57(6)7)58(8)9)42-68-48-74(90(37,38)86(28,29)30)50-70(82(68)102-54-78(98)94(61(14)15)62(16)17)43-69-49-73(89(35,36)85(25,26)27)47-67(81(69)101-53-77(97)93(59(10)11)60(12)13)41-65-45-71(87(31,32)83(19,20)21)40-63(18)79(65)99-51-75(95)91(55(2)3)56(4)5/h40,44-50,55-62H,39,41-43,51-54H2,1-38H3. The molecule has 0 aliphatic heterocycles. The van der Waals surface area contributed by atoms with Crippen LogP contribution in [0.3, 0.4) is 0 Å². The largest absolute Gasteiger partial charge is 0.483 e. The molecule has 0 radical (unpaired) electrons. The van der Waals surface area contributed by atoms with E-state index in [0.29, 0.717) is 42.3 Å². The summed E-state index contributed by atoms with van der Waals surface area (Å²) in [6.45, 7) is 82.1. The minimum absolute atomic E-state index is 0.0311. The summed E-state index contributed by atoms with van der Waals surface area (Å²) in [5.41, 5.74) is 9.32. The highest BCUT2D eigenvalue weighted by molar-refractivity contribution is 5.80. The normalized spacial score (nSPS) is 13.2. The Bertz CT molecular complexity index is 3500. The maximum absolute atomic E-state index is 15.0. The zero-order valence-corrected chi connectivity index (χ0v) is 71.9. The van der Waals surface area contributed by atoms with Crippen molar-refractivity contribution < 1.29 is 38.1 Å². The maximum Gasteiger partial charge on any atom is 0.260 e. The first-order chi connectivity index (χ1) is 46.3. The molecule has 0 spiro atoms. The van der Waals surface area contributed by atoms with Crippen molar-refractivity contribution in [2.24, 2.45) is 21.7 Å². The monoisotopic (exact) mass is 1410 g/mol. The number of carbonyl (C=O) groups excluding carboxylic acids is 4. The minimum atomic E-state index is -0.447. The molecule has 0 saturated carbocycles. The number of amides is 4. The second-order valence-corrected chi connectivity index (χ2v) is 38.1. The van der Waals surface area contributed by atoms with Gasteiger partial charge in [-0.1, -0.05) is 194 Å². The van der Waals surface area contributed by atoms with Crippen LogP contribution in [-0.2, 0) is 66.5 Å². The third-order valence-electron chi connectivity index (χ3n) is 24.0. The van der Waals surface area contributed by atoms with Gasteiger partial charge in [0.2, 0.25) is 0 Å². The lowest BCUT2D eigenvalue weighted by atomic mass is 9.64. The SMILES string of the molecule is CCc1cc(C(C)(C)C(C)(C)C)cc(Cc2cc(C(C)(C)C(C)(C)C)cc(Cc3cc(C(C)(C)C(C)(C)C)cc(Cc4cc(C(C)(C)C(C)(C)C)cc(C)c4OCC(=O)N(C(C)C)C(C)C)c3OCC(=O)N(C(C)C)C(C)C)c2OCC(=O)N(C(C)C)C(C)C)c1OCC(=O)N(C(C)C)C(C)C. The summed E-state index contributed by atoms with van der Waals surface area (Å²) in [4.78, 5) is 66.4. The van der Waals surface area contributed by atoms with Crippen LogP contribution in [0.4, 0.5) is 0 Å². The summed E-state index contributed by atoms with van der Waals surface area (Å²) in [6.07, 6.45) is 1.60. The van der Waals surface area contributed by atoms with Gasteiger partial charge in [-0.15, -0.1) is 0 Å². The van der Waals surface area contributed by atoms with Crippen molar-refractivity contribution in [1.82, 2.24) is 19.6 Å². The van der Waals surface area contributed by atoms with E-state index in [1.54, 1.807) is 0 Å². The predicted molar refractivity (Wildman–Crippen MR) is 429 cm³/mol. The van der Waals surface area contributed by atoms with Crippen LogP contribution in [0.2, 0.25) is 0 Å². The molecular formula is C90H146N4O8. The molecule has 12 nitrogen and oxygen atoms in total. The number of ether oxygens (including phenoxy) is 4. The average Bonchev–Trinajstić information content (AvgIpc) is 0.758. The highest BCUT2D eigenvalue weighted by atomic mass is 16.5. The number of carbonyl (C=O) groups is 4. The molecule has 0 saturated heterocycles. The quantitative estimate of drug-likeness (QED) is 0.0489. The van der Waals surface area contributed by atoms with E-state index in [9.17, 15) is 9.59 Å². The van der Waals surface area contributed by atoms with E-state index >= 15 is 9.59 Å². The van der Waals surface area contributed by atoms with E-state index in [1.165, 1.54) is 0 Å². The topological polar surface area (TPSA) is 118 Å². The van der Waals surface area contributed by atoms with Crippen molar-refractivity contribution in [1.29, 1.82) is 0 Å². The fourth-order valence-electron chi connectivity index (χ4n) is 14.2. The van der Waals surface area contributed by atoms with Crippen molar-refractivity contribution >= 4 is 23.6 Å². The molecule has 4 amide bonds. The van der Waals surface area contributed by atoms with Crippen LogP contribution in [0.1, 0.15) is 323 Å². The Hall–Kier alpha value is -6.04. The van der Waals surface area contributed by atoms with Gasteiger partial charge in [-0.2, -0.15) is 0 Å². The summed E-state index contributed by atoms with van der Waals surface area (Å²) in [5.74, 6) is 2.03. The molecule has 0 unspecified atom stereocenters. The van der Waals surface area contributed by atoms with Crippen LogP contribution >= 0.6 is 0 Å².